The number of nitrogens with one attached hydrogen (secondary N) is 1. The molecule has 1 N–H and O–H groups in total. The van der Waals surface area contributed by atoms with Crippen LogP contribution in [-0.4, -0.2) is 38.2 Å². The molecule has 0 aliphatic carbocycles. The van der Waals surface area contributed by atoms with E-state index in [0.29, 0.717) is 30.0 Å². The number of nitrogens with zero attached hydrogens (tertiary/aromatic N) is 4. The number of piperidine rings is 1. The van der Waals surface area contributed by atoms with Crippen molar-refractivity contribution in [3.05, 3.63) is 54.4 Å². The standard InChI is InChI=1S/C19H19N5O2/c1-3-14-15(11-21-18(14)20-7-1)13-5-8-24(9-6-13)12-17-22-23-19(26-17)16-4-2-10-25-16/h1-4,7,10-11,13H,5-6,8-9,12H2,(H,20,21). The molecule has 1 aliphatic rings. The molecule has 5 heterocycles. The van der Waals surface area contributed by atoms with E-state index in [2.05, 4.69) is 37.3 Å². The molecule has 26 heavy (non-hydrogen) atoms. The van der Waals surface area contributed by atoms with E-state index in [9.17, 15) is 0 Å². The molecular formula is C19H19N5O2. The molecule has 0 unspecified atom stereocenters. The van der Waals surface area contributed by atoms with Gasteiger partial charge in [0.25, 0.3) is 5.89 Å². The van der Waals surface area contributed by atoms with Crippen molar-refractivity contribution in [3.63, 3.8) is 0 Å². The SMILES string of the molecule is c1coc(-c2nnc(CN3CCC(c4c[nH]c5ncccc45)CC3)o2)c1. The molecule has 1 saturated heterocycles. The lowest BCUT2D eigenvalue weighted by Gasteiger charge is -2.30. The van der Waals surface area contributed by atoms with Crippen LogP contribution >= 0.6 is 0 Å². The molecule has 0 bridgehead atoms. The second-order valence-corrected chi connectivity index (χ2v) is 6.67. The number of likely N-dealkylation sites (tertiary alicyclic amines) is 1. The zero-order valence-electron chi connectivity index (χ0n) is 14.3. The van der Waals surface area contributed by atoms with Crippen LogP contribution in [0.1, 0.15) is 30.2 Å². The highest BCUT2D eigenvalue weighted by Crippen LogP contribution is 2.33. The van der Waals surface area contributed by atoms with Crippen LogP contribution in [0.25, 0.3) is 22.7 Å². The Morgan fingerprint density at radius 3 is 2.92 bits per heavy atom. The Morgan fingerprint density at radius 1 is 1.15 bits per heavy atom. The van der Waals surface area contributed by atoms with E-state index in [0.717, 1.165) is 31.6 Å². The van der Waals surface area contributed by atoms with E-state index in [1.807, 2.05) is 24.4 Å². The van der Waals surface area contributed by atoms with Crippen LogP contribution in [0.2, 0.25) is 0 Å². The molecule has 7 nitrogen and oxygen atoms in total. The lowest BCUT2D eigenvalue weighted by Crippen LogP contribution is -2.32. The number of aromatic amines is 1. The zero-order valence-corrected chi connectivity index (χ0v) is 14.3. The highest BCUT2D eigenvalue weighted by atomic mass is 16.4. The Kier molecular flexibility index (Phi) is 3.79. The summed E-state index contributed by atoms with van der Waals surface area (Å²) in [6, 6.07) is 7.78. The second kappa shape index (κ2) is 6.42. The lowest BCUT2D eigenvalue weighted by atomic mass is 9.89. The van der Waals surface area contributed by atoms with Crippen LogP contribution in [0.4, 0.5) is 0 Å². The summed E-state index contributed by atoms with van der Waals surface area (Å²) in [4.78, 5) is 10.0. The van der Waals surface area contributed by atoms with Crippen LogP contribution < -0.4 is 0 Å². The summed E-state index contributed by atoms with van der Waals surface area (Å²) in [5, 5.41) is 9.45. The van der Waals surface area contributed by atoms with Gasteiger partial charge in [-0.2, -0.15) is 0 Å². The lowest BCUT2D eigenvalue weighted by molar-refractivity contribution is 0.188. The maximum absolute atomic E-state index is 5.72. The molecule has 0 saturated carbocycles. The molecule has 1 fully saturated rings. The van der Waals surface area contributed by atoms with Crippen LogP contribution in [-0.2, 0) is 6.54 Å². The van der Waals surface area contributed by atoms with Crippen LogP contribution in [0.5, 0.6) is 0 Å². The van der Waals surface area contributed by atoms with Gasteiger partial charge in [0.2, 0.25) is 5.89 Å². The van der Waals surface area contributed by atoms with Crippen molar-refractivity contribution in [2.75, 3.05) is 13.1 Å². The van der Waals surface area contributed by atoms with Crippen molar-refractivity contribution in [2.45, 2.75) is 25.3 Å². The predicted octanol–water partition coefficient (Wildman–Crippen LogP) is 3.59. The van der Waals surface area contributed by atoms with Crippen molar-refractivity contribution in [1.82, 2.24) is 25.1 Å². The summed E-state index contributed by atoms with van der Waals surface area (Å²) in [5.41, 5.74) is 2.35. The fourth-order valence-electron chi connectivity index (χ4n) is 3.73. The van der Waals surface area contributed by atoms with Crippen molar-refractivity contribution < 1.29 is 8.83 Å². The summed E-state index contributed by atoms with van der Waals surface area (Å²) in [5.74, 6) is 2.23. The molecule has 132 valence electrons. The van der Waals surface area contributed by atoms with Gasteiger partial charge in [-0.15, -0.1) is 10.2 Å². The summed E-state index contributed by atoms with van der Waals surface area (Å²) in [6.07, 6.45) is 7.77. The number of fused-ring (bicyclic) bond motifs is 1. The van der Waals surface area contributed by atoms with Gasteiger partial charge in [0.1, 0.15) is 5.65 Å². The number of pyridine rings is 1. The van der Waals surface area contributed by atoms with Gasteiger partial charge in [-0.05, 0) is 61.7 Å². The Hall–Kier alpha value is -2.93. The van der Waals surface area contributed by atoms with Crippen LogP contribution in [0, 0.1) is 0 Å². The summed E-state index contributed by atoms with van der Waals surface area (Å²) in [7, 11) is 0. The molecule has 0 atom stereocenters. The molecule has 0 spiro atoms. The van der Waals surface area contributed by atoms with Crippen molar-refractivity contribution >= 4 is 11.0 Å². The minimum atomic E-state index is 0.436. The third-order valence-corrected chi connectivity index (χ3v) is 5.07. The molecular weight excluding hydrogens is 330 g/mol. The van der Waals surface area contributed by atoms with E-state index in [4.69, 9.17) is 8.83 Å². The second-order valence-electron chi connectivity index (χ2n) is 6.67. The van der Waals surface area contributed by atoms with Crippen LogP contribution in [0.3, 0.4) is 0 Å². The zero-order chi connectivity index (χ0) is 17.3. The van der Waals surface area contributed by atoms with Crippen LogP contribution in [0.15, 0.2) is 51.8 Å². The summed E-state index contributed by atoms with van der Waals surface area (Å²) >= 11 is 0. The van der Waals surface area contributed by atoms with Gasteiger partial charge in [-0.3, -0.25) is 4.90 Å². The normalized spacial score (nSPS) is 16.5. The third kappa shape index (κ3) is 2.80. The van der Waals surface area contributed by atoms with Gasteiger partial charge in [0.15, 0.2) is 5.76 Å². The number of furan rings is 1. The topological polar surface area (TPSA) is 84.0 Å². The monoisotopic (exact) mass is 349 g/mol. The molecule has 0 amide bonds. The van der Waals surface area contributed by atoms with Gasteiger partial charge >= 0.3 is 0 Å². The highest BCUT2D eigenvalue weighted by Gasteiger charge is 2.24. The Morgan fingerprint density at radius 2 is 2.08 bits per heavy atom. The number of H-pyrrole nitrogens is 1. The van der Waals surface area contributed by atoms with E-state index < -0.39 is 0 Å². The van der Waals surface area contributed by atoms with Gasteiger partial charge in [-0.1, -0.05) is 0 Å². The highest BCUT2D eigenvalue weighted by molar-refractivity contribution is 5.80. The largest absolute Gasteiger partial charge is 0.459 e. The molecule has 4 aromatic rings. The molecule has 1 aliphatic heterocycles. The Balaban J connectivity index is 1.23. The average Bonchev–Trinajstić information content (AvgIpc) is 3.43. The van der Waals surface area contributed by atoms with Gasteiger partial charge in [0.05, 0.1) is 12.8 Å². The Labute approximate surface area is 150 Å². The van der Waals surface area contributed by atoms with Crippen molar-refractivity contribution in [2.24, 2.45) is 0 Å². The first-order valence-electron chi connectivity index (χ1n) is 8.87. The predicted molar refractivity (Wildman–Crippen MR) is 95.3 cm³/mol. The fourth-order valence-corrected chi connectivity index (χ4v) is 3.73. The molecule has 4 aromatic heterocycles. The minimum absolute atomic E-state index is 0.436. The van der Waals surface area contributed by atoms with E-state index >= 15 is 0 Å². The summed E-state index contributed by atoms with van der Waals surface area (Å²) in [6.45, 7) is 2.70. The summed E-state index contributed by atoms with van der Waals surface area (Å²) < 4.78 is 11.0. The van der Waals surface area contributed by atoms with E-state index in [1.54, 1.807) is 6.26 Å². The maximum Gasteiger partial charge on any atom is 0.283 e. The molecule has 7 heteroatoms. The first-order valence-corrected chi connectivity index (χ1v) is 8.87. The van der Waals surface area contributed by atoms with Crippen molar-refractivity contribution in [1.29, 1.82) is 0 Å². The van der Waals surface area contributed by atoms with E-state index in [1.165, 1.54) is 10.9 Å². The van der Waals surface area contributed by atoms with Gasteiger partial charge < -0.3 is 13.8 Å². The quantitative estimate of drug-likeness (QED) is 0.606. The Bertz CT molecular complexity index is 996. The molecule has 0 aromatic carbocycles. The number of hydrogen-bond donors (Lipinski definition) is 1. The molecule has 0 radical (unpaired) electrons. The molecule has 5 rings (SSSR count). The van der Waals surface area contributed by atoms with Gasteiger partial charge in [-0.25, -0.2) is 4.98 Å². The van der Waals surface area contributed by atoms with Crippen molar-refractivity contribution in [3.8, 4) is 11.7 Å². The first-order chi connectivity index (χ1) is 12.9. The van der Waals surface area contributed by atoms with Gasteiger partial charge in [0, 0.05) is 17.8 Å². The number of aromatic nitrogens is 4. The fraction of sp³-hybridized carbons (Fsp3) is 0.316. The van der Waals surface area contributed by atoms with E-state index in [-0.39, 0.29) is 0 Å². The number of hydrogen-bond acceptors (Lipinski definition) is 6. The minimum Gasteiger partial charge on any atom is -0.459 e. The first kappa shape index (κ1) is 15.3. The third-order valence-electron chi connectivity index (χ3n) is 5.07. The maximum atomic E-state index is 5.72. The number of rotatable bonds is 4. The average molecular weight is 349 g/mol. The smallest absolute Gasteiger partial charge is 0.283 e.